The summed E-state index contributed by atoms with van der Waals surface area (Å²) in [5.74, 6) is 0.312. The molecule has 0 saturated heterocycles. The number of benzene rings is 1. The minimum Gasteiger partial charge on any atom is -0.530 e. The summed E-state index contributed by atoms with van der Waals surface area (Å²) in [7, 11) is 0. The number of hydrogen-bond acceptors (Lipinski definition) is 3. The minimum absolute atomic E-state index is 0.307. The summed E-state index contributed by atoms with van der Waals surface area (Å²) >= 11 is 0. The van der Waals surface area contributed by atoms with E-state index < -0.39 is 6.09 Å². The van der Waals surface area contributed by atoms with Gasteiger partial charge in [0.2, 0.25) is 5.95 Å². The molecule has 0 aliphatic rings. The third-order valence-corrected chi connectivity index (χ3v) is 2.49. The number of nitrogens with one attached hydrogen (secondary N) is 1. The fourth-order valence-electron chi connectivity index (χ4n) is 1.66. The highest BCUT2D eigenvalue weighted by Gasteiger charge is 2.11. The van der Waals surface area contributed by atoms with Crippen LogP contribution in [0.25, 0.3) is 11.0 Å². The third kappa shape index (κ3) is 1.60. The number of para-hydroxylation sites is 1. The van der Waals surface area contributed by atoms with Gasteiger partial charge in [-0.25, -0.2) is 4.98 Å². The van der Waals surface area contributed by atoms with Crippen molar-refractivity contribution in [3.8, 4) is 0 Å². The number of carboxylic acid groups (broad SMARTS) is 1. The van der Waals surface area contributed by atoms with Crippen LogP contribution in [0.3, 0.4) is 0 Å². The fraction of sp³-hybridized carbons (Fsp3) is 0.273. The van der Waals surface area contributed by atoms with Crippen LogP contribution in [0, 0.1) is 6.92 Å². The third-order valence-electron chi connectivity index (χ3n) is 2.49. The number of fused-ring (bicyclic) bond motifs is 1. The molecule has 5 nitrogen and oxygen atoms in total. The van der Waals surface area contributed by atoms with Gasteiger partial charge in [-0.15, -0.1) is 0 Å². The van der Waals surface area contributed by atoms with Crippen molar-refractivity contribution in [1.29, 1.82) is 0 Å². The number of carbonyl (C=O) groups is 1. The zero-order valence-corrected chi connectivity index (χ0v) is 9.15. The van der Waals surface area contributed by atoms with Gasteiger partial charge in [0.1, 0.15) is 6.09 Å². The van der Waals surface area contributed by atoms with Gasteiger partial charge in [0.25, 0.3) is 0 Å². The number of amides is 1. The molecular weight excluding hydrogens is 206 g/mol. The first-order chi connectivity index (χ1) is 7.63. The topological polar surface area (TPSA) is 72.1 Å². The maximum atomic E-state index is 10.8. The Morgan fingerprint density at radius 1 is 1.56 bits per heavy atom. The largest absolute Gasteiger partial charge is 0.530 e. The smallest absolute Gasteiger partial charge is 0.209 e. The molecule has 1 aromatic carbocycles. The van der Waals surface area contributed by atoms with E-state index in [0.29, 0.717) is 12.5 Å². The van der Waals surface area contributed by atoms with E-state index in [1.807, 2.05) is 25.1 Å². The molecule has 1 heterocycles. The Morgan fingerprint density at radius 2 is 2.31 bits per heavy atom. The van der Waals surface area contributed by atoms with Crippen LogP contribution in [-0.4, -0.2) is 22.6 Å². The Labute approximate surface area is 92.7 Å². The molecule has 0 aliphatic carbocycles. The van der Waals surface area contributed by atoms with Crippen molar-refractivity contribution in [2.24, 2.45) is 0 Å². The standard InChI is InChI=1S/C11H13N3O2/c1-3-14(11(15)16)10-12-8-6-4-5-7(2)9(8)13-10/h4-6H,3H2,1-2H3,(H,12,13)(H,15,16)/p-1. The number of hydrogen-bond donors (Lipinski definition) is 1. The van der Waals surface area contributed by atoms with Gasteiger partial charge in [0.15, 0.2) is 0 Å². The molecule has 0 atom stereocenters. The van der Waals surface area contributed by atoms with Crippen molar-refractivity contribution < 1.29 is 9.90 Å². The number of imidazole rings is 1. The van der Waals surface area contributed by atoms with Crippen LogP contribution in [-0.2, 0) is 0 Å². The molecule has 1 amide bonds. The Morgan fingerprint density at radius 3 is 2.88 bits per heavy atom. The van der Waals surface area contributed by atoms with Gasteiger partial charge in [-0.05, 0) is 25.5 Å². The lowest BCUT2D eigenvalue weighted by molar-refractivity contribution is -0.246. The summed E-state index contributed by atoms with van der Waals surface area (Å²) in [6.45, 7) is 3.97. The zero-order valence-electron chi connectivity index (χ0n) is 9.15. The van der Waals surface area contributed by atoms with Crippen molar-refractivity contribution in [3.05, 3.63) is 23.8 Å². The Balaban J connectivity index is 2.54. The van der Waals surface area contributed by atoms with Crippen LogP contribution >= 0.6 is 0 Å². The average molecular weight is 218 g/mol. The number of aryl methyl sites for hydroxylation is 1. The van der Waals surface area contributed by atoms with E-state index >= 15 is 0 Å². The second-order valence-corrected chi connectivity index (χ2v) is 3.54. The van der Waals surface area contributed by atoms with Crippen LogP contribution in [0.2, 0.25) is 0 Å². The second kappa shape index (κ2) is 3.84. The van der Waals surface area contributed by atoms with E-state index in [4.69, 9.17) is 0 Å². The van der Waals surface area contributed by atoms with E-state index in [2.05, 4.69) is 9.97 Å². The number of carbonyl (C=O) groups excluding carboxylic acids is 1. The number of nitrogens with zero attached hydrogens (tertiary/aromatic N) is 2. The van der Waals surface area contributed by atoms with Gasteiger partial charge in [-0.1, -0.05) is 12.1 Å². The SMILES string of the molecule is CCN(C(=O)[O-])c1nc2c(C)cccc2[nH]1. The highest BCUT2D eigenvalue weighted by atomic mass is 16.4. The molecule has 0 saturated carbocycles. The number of H-pyrrole nitrogens is 1. The lowest BCUT2D eigenvalue weighted by Gasteiger charge is -2.19. The maximum Gasteiger partial charge on any atom is 0.209 e. The first kappa shape index (κ1) is 10.5. The van der Waals surface area contributed by atoms with E-state index in [1.165, 1.54) is 0 Å². The molecule has 1 N–H and O–H groups in total. The normalized spacial score (nSPS) is 10.6. The lowest BCUT2D eigenvalue weighted by Crippen LogP contribution is -2.41. The van der Waals surface area contributed by atoms with E-state index in [9.17, 15) is 9.90 Å². The zero-order chi connectivity index (χ0) is 11.7. The Kier molecular flexibility index (Phi) is 2.52. The Bertz CT molecular complexity index is 533. The van der Waals surface area contributed by atoms with Gasteiger partial charge in [0, 0.05) is 6.54 Å². The second-order valence-electron chi connectivity index (χ2n) is 3.54. The molecule has 0 spiro atoms. The van der Waals surface area contributed by atoms with Crippen molar-refractivity contribution in [1.82, 2.24) is 9.97 Å². The average Bonchev–Trinajstić information content (AvgIpc) is 2.63. The molecule has 0 bridgehead atoms. The van der Waals surface area contributed by atoms with Crippen molar-refractivity contribution in [3.63, 3.8) is 0 Å². The monoisotopic (exact) mass is 218 g/mol. The summed E-state index contributed by atoms with van der Waals surface area (Å²) < 4.78 is 0. The van der Waals surface area contributed by atoms with Crippen LogP contribution < -0.4 is 10.0 Å². The van der Waals surface area contributed by atoms with Gasteiger partial charge < -0.3 is 14.9 Å². The number of anilines is 1. The quantitative estimate of drug-likeness (QED) is 0.818. The highest BCUT2D eigenvalue weighted by molar-refractivity contribution is 5.87. The molecule has 0 fully saturated rings. The Hall–Kier alpha value is -2.04. The molecule has 0 unspecified atom stereocenters. The molecule has 16 heavy (non-hydrogen) atoms. The molecule has 0 aliphatic heterocycles. The fourth-order valence-corrected chi connectivity index (χ4v) is 1.66. The predicted octanol–water partition coefficient (Wildman–Crippen LogP) is 1.04. The summed E-state index contributed by atoms with van der Waals surface area (Å²) in [6.07, 6.45) is -1.25. The van der Waals surface area contributed by atoms with Gasteiger partial charge in [-0.2, -0.15) is 0 Å². The highest BCUT2D eigenvalue weighted by Crippen LogP contribution is 2.19. The van der Waals surface area contributed by atoms with E-state index in [0.717, 1.165) is 21.5 Å². The summed E-state index contributed by atoms with van der Waals surface area (Å²) in [4.78, 5) is 19.1. The van der Waals surface area contributed by atoms with Gasteiger partial charge in [-0.3, -0.25) is 4.90 Å². The molecule has 1 aromatic heterocycles. The first-order valence-corrected chi connectivity index (χ1v) is 5.07. The van der Waals surface area contributed by atoms with E-state index in [1.54, 1.807) is 6.92 Å². The predicted molar refractivity (Wildman–Crippen MR) is 59.2 cm³/mol. The summed E-state index contributed by atoms with van der Waals surface area (Å²) in [6, 6.07) is 5.69. The minimum atomic E-state index is -1.25. The van der Waals surface area contributed by atoms with Gasteiger partial charge >= 0.3 is 0 Å². The number of aromatic nitrogens is 2. The maximum absolute atomic E-state index is 10.8. The van der Waals surface area contributed by atoms with Crippen LogP contribution in [0.1, 0.15) is 12.5 Å². The molecule has 2 rings (SSSR count). The van der Waals surface area contributed by atoms with Crippen molar-refractivity contribution >= 4 is 23.1 Å². The molecule has 5 heteroatoms. The number of aromatic amines is 1. The van der Waals surface area contributed by atoms with Gasteiger partial charge in [0.05, 0.1) is 11.0 Å². The van der Waals surface area contributed by atoms with Crippen LogP contribution in [0.5, 0.6) is 0 Å². The van der Waals surface area contributed by atoms with Crippen LogP contribution in [0.4, 0.5) is 10.7 Å². The van der Waals surface area contributed by atoms with Crippen LogP contribution in [0.15, 0.2) is 18.2 Å². The summed E-state index contributed by atoms with van der Waals surface area (Å²) in [5.41, 5.74) is 2.63. The van der Waals surface area contributed by atoms with Crippen molar-refractivity contribution in [2.75, 3.05) is 11.4 Å². The van der Waals surface area contributed by atoms with E-state index in [-0.39, 0.29) is 0 Å². The molecule has 2 aromatic rings. The molecule has 84 valence electrons. The lowest BCUT2D eigenvalue weighted by atomic mass is 10.2. The summed E-state index contributed by atoms with van der Waals surface area (Å²) in [5, 5.41) is 10.8. The molecular formula is C11H12N3O2-. The number of rotatable bonds is 2. The van der Waals surface area contributed by atoms with Crippen molar-refractivity contribution in [2.45, 2.75) is 13.8 Å². The first-order valence-electron chi connectivity index (χ1n) is 5.07. The molecule has 0 radical (unpaired) electrons.